The minimum absolute atomic E-state index is 0.0704. The smallest absolute Gasteiger partial charge is 0.252 e. The number of halogens is 2. The molecule has 2 aliphatic rings. The Kier molecular flexibility index (Phi) is 10.8. The van der Waals surface area contributed by atoms with Gasteiger partial charge in [-0.2, -0.15) is 0 Å². The molecule has 6 nitrogen and oxygen atoms in total. The number of rotatable bonds is 12. The van der Waals surface area contributed by atoms with Crippen molar-refractivity contribution in [2.75, 3.05) is 19.8 Å². The van der Waals surface area contributed by atoms with Crippen molar-refractivity contribution in [3.63, 3.8) is 0 Å². The van der Waals surface area contributed by atoms with Crippen LogP contribution in [0.25, 0.3) is 6.08 Å². The number of nitrogens with one attached hydrogen (secondary N) is 1. The van der Waals surface area contributed by atoms with Gasteiger partial charge in [0.05, 0.1) is 6.61 Å². The van der Waals surface area contributed by atoms with E-state index in [-0.39, 0.29) is 12.5 Å². The van der Waals surface area contributed by atoms with E-state index in [9.17, 15) is 4.79 Å². The zero-order valence-electron chi connectivity index (χ0n) is 24.2. The molecule has 43 heavy (non-hydrogen) atoms. The zero-order chi connectivity index (χ0) is 30.1. The molecule has 2 N–H and O–H groups in total. The molecule has 1 amide bonds. The highest BCUT2D eigenvalue weighted by atomic mass is 35.5. The van der Waals surface area contributed by atoms with E-state index >= 15 is 0 Å². The summed E-state index contributed by atoms with van der Waals surface area (Å²) >= 11 is 13.0. The van der Waals surface area contributed by atoms with Gasteiger partial charge in [-0.1, -0.05) is 91.0 Å². The summed E-state index contributed by atoms with van der Waals surface area (Å²) in [5, 5.41) is 13.2. The Morgan fingerprint density at radius 1 is 1.05 bits per heavy atom. The molecule has 0 saturated heterocycles. The number of aliphatic hydroxyl groups is 1. The lowest BCUT2D eigenvalue weighted by atomic mass is 9.83. The van der Waals surface area contributed by atoms with Gasteiger partial charge in [-0.15, -0.1) is 0 Å². The third kappa shape index (κ3) is 7.80. The molecule has 0 unspecified atom stereocenters. The maximum atomic E-state index is 14.4. The van der Waals surface area contributed by atoms with Gasteiger partial charge in [0.2, 0.25) is 5.90 Å². The highest BCUT2D eigenvalue weighted by Crippen LogP contribution is 2.45. The lowest BCUT2D eigenvalue weighted by Crippen LogP contribution is -2.49. The van der Waals surface area contributed by atoms with Crippen molar-refractivity contribution in [2.45, 2.75) is 56.6 Å². The first kappa shape index (κ1) is 31.1. The van der Waals surface area contributed by atoms with Gasteiger partial charge in [0, 0.05) is 47.2 Å². The van der Waals surface area contributed by atoms with E-state index in [1.54, 1.807) is 12.1 Å². The molecule has 8 heteroatoms. The van der Waals surface area contributed by atoms with Crippen LogP contribution in [0.5, 0.6) is 5.75 Å². The Morgan fingerprint density at radius 3 is 2.53 bits per heavy atom. The number of amides is 1. The van der Waals surface area contributed by atoms with Crippen LogP contribution in [0.2, 0.25) is 10.0 Å². The second-order valence-electron chi connectivity index (χ2n) is 11.2. The Morgan fingerprint density at radius 2 is 1.81 bits per heavy atom. The van der Waals surface area contributed by atoms with Gasteiger partial charge >= 0.3 is 0 Å². The lowest BCUT2D eigenvalue weighted by Gasteiger charge is -2.31. The van der Waals surface area contributed by atoms with Crippen LogP contribution in [-0.4, -0.2) is 42.2 Å². The van der Waals surface area contributed by atoms with Crippen LogP contribution >= 0.6 is 23.2 Å². The molecule has 3 aromatic rings. The third-order valence-electron chi connectivity index (χ3n) is 8.09. The fourth-order valence-electron chi connectivity index (χ4n) is 5.73. The fraction of sp³-hybridized carbons (Fsp3) is 0.371. The number of aliphatic hydroxyl groups excluding tert-OH is 1. The lowest BCUT2D eigenvalue weighted by molar-refractivity contribution is -0.129. The van der Waals surface area contributed by atoms with Crippen molar-refractivity contribution in [3.05, 3.63) is 106 Å². The maximum absolute atomic E-state index is 14.4. The molecule has 1 fully saturated rings. The monoisotopic (exact) mass is 620 g/mol. The van der Waals surface area contributed by atoms with Gasteiger partial charge in [0.15, 0.2) is 11.6 Å². The fourth-order valence-corrected chi connectivity index (χ4v) is 6.23. The summed E-state index contributed by atoms with van der Waals surface area (Å²) in [4.78, 5) is 19.4. The number of hydrogen-bond donors (Lipinski definition) is 2. The van der Waals surface area contributed by atoms with E-state index in [0.717, 1.165) is 24.0 Å². The molecule has 226 valence electrons. The average Bonchev–Trinajstić information content (AvgIpc) is 3.41. The van der Waals surface area contributed by atoms with Crippen molar-refractivity contribution < 1.29 is 19.4 Å². The molecular weight excluding hydrogens is 583 g/mol. The second kappa shape index (κ2) is 14.9. The summed E-state index contributed by atoms with van der Waals surface area (Å²) in [7, 11) is 0. The van der Waals surface area contributed by atoms with Crippen LogP contribution in [0.1, 0.15) is 67.7 Å². The van der Waals surface area contributed by atoms with Gasteiger partial charge in [-0.25, -0.2) is 4.99 Å². The Balaban J connectivity index is 1.51. The van der Waals surface area contributed by atoms with Crippen LogP contribution in [0.4, 0.5) is 0 Å². The molecule has 0 bridgehead atoms. The van der Waals surface area contributed by atoms with E-state index in [1.165, 1.54) is 19.3 Å². The van der Waals surface area contributed by atoms with Crippen molar-refractivity contribution in [2.24, 2.45) is 10.9 Å². The van der Waals surface area contributed by atoms with E-state index in [1.807, 2.05) is 72.8 Å². The highest BCUT2D eigenvalue weighted by Gasteiger charge is 2.53. The van der Waals surface area contributed by atoms with Crippen molar-refractivity contribution in [1.29, 1.82) is 0 Å². The quantitative estimate of drug-likeness (QED) is 0.202. The molecule has 3 aromatic carbocycles. The third-order valence-corrected chi connectivity index (χ3v) is 8.65. The molecule has 1 aliphatic heterocycles. The van der Waals surface area contributed by atoms with Crippen LogP contribution in [-0.2, 0) is 9.53 Å². The summed E-state index contributed by atoms with van der Waals surface area (Å²) < 4.78 is 12.3. The van der Waals surface area contributed by atoms with Crippen LogP contribution in [0.3, 0.4) is 0 Å². The number of aliphatic imine (C=N–C) groups is 1. The largest absolute Gasteiger partial charge is 0.494 e. The van der Waals surface area contributed by atoms with Gasteiger partial charge in [0.25, 0.3) is 5.91 Å². The molecule has 1 saturated carbocycles. The van der Waals surface area contributed by atoms with E-state index < -0.39 is 11.6 Å². The summed E-state index contributed by atoms with van der Waals surface area (Å²) in [6.07, 6.45) is 9.94. The van der Waals surface area contributed by atoms with Crippen molar-refractivity contribution in [3.8, 4) is 5.75 Å². The number of nitrogens with zero attached hydrogens (tertiary/aromatic N) is 1. The number of ether oxygens (including phenoxy) is 2. The van der Waals surface area contributed by atoms with Gasteiger partial charge in [-0.3, -0.25) is 4.79 Å². The summed E-state index contributed by atoms with van der Waals surface area (Å²) in [5.74, 6) is 1.30. The molecule has 0 aromatic heterocycles. The SMILES string of the molecule is O=C(NCC1CCCCC1)[C@]1(C/C=C/c2ccccc2)N=C(c2ccc(OCCCO)cc2)O[C@@H]1c1ccc(Cl)cc1Cl. The minimum atomic E-state index is -1.30. The molecule has 1 aliphatic carbocycles. The first-order valence-corrected chi connectivity index (χ1v) is 15.8. The Hall–Kier alpha value is -3.32. The minimum Gasteiger partial charge on any atom is -0.494 e. The van der Waals surface area contributed by atoms with E-state index in [2.05, 4.69) is 5.32 Å². The number of hydrogen-bond acceptors (Lipinski definition) is 5. The topological polar surface area (TPSA) is 80.2 Å². The molecule has 1 heterocycles. The van der Waals surface area contributed by atoms with Crippen molar-refractivity contribution in [1.82, 2.24) is 5.32 Å². The normalized spacial score (nSPS) is 20.5. The Labute approximate surface area is 263 Å². The molecular formula is C35H38Cl2N2O4. The molecule has 0 spiro atoms. The highest BCUT2D eigenvalue weighted by molar-refractivity contribution is 6.35. The van der Waals surface area contributed by atoms with Gasteiger partial charge < -0.3 is 19.9 Å². The molecule has 2 atom stereocenters. The predicted molar refractivity (Wildman–Crippen MR) is 173 cm³/mol. The summed E-state index contributed by atoms with van der Waals surface area (Å²) in [5.41, 5.74) is 1.10. The standard InChI is InChI=1S/C35H38Cl2N2O4/c36-28-16-19-30(31(37)23-28)32-35(20-7-13-25-9-3-1-4-10-25,34(41)38-24-26-11-5-2-6-12-26)39-33(43-32)27-14-17-29(18-15-27)42-22-8-21-40/h1,3-4,7,9-10,13-19,23,26,32,40H,2,5-6,8,11-12,20-22,24H2,(H,38,41)/b13-7+/t32-,35-/m1/s1. The molecule has 5 rings (SSSR count). The number of carbonyl (C=O) groups excluding carboxylic acids is 1. The van der Waals surface area contributed by atoms with Gasteiger partial charge in [-0.05, 0) is 60.7 Å². The first-order chi connectivity index (χ1) is 21.0. The summed E-state index contributed by atoms with van der Waals surface area (Å²) in [6.45, 7) is 1.10. The number of benzene rings is 3. The van der Waals surface area contributed by atoms with Crippen LogP contribution < -0.4 is 10.1 Å². The van der Waals surface area contributed by atoms with Crippen LogP contribution in [0, 0.1) is 5.92 Å². The van der Waals surface area contributed by atoms with Crippen molar-refractivity contribution >= 4 is 41.1 Å². The number of carbonyl (C=O) groups is 1. The maximum Gasteiger partial charge on any atom is 0.252 e. The Bertz CT molecular complexity index is 1420. The summed E-state index contributed by atoms with van der Waals surface area (Å²) in [6, 6.07) is 22.6. The van der Waals surface area contributed by atoms with E-state index in [4.69, 9.17) is 42.8 Å². The predicted octanol–water partition coefficient (Wildman–Crippen LogP) is 7.81. The zero-order valence-corrected chi connectivity index (χ0v) is 25.7. The average molecular weight is 622 g/mol. The first-order valence-electron chi connectivity index (χ1n) is 15.0. The second-order valence-corrected chi connectivity index (χ2v) is 12.0. The molecule has 0 radical (unpaired) electrons. The van der Waals surface area contributed by atoms with Gasteiger partial charge in [0.1, 0.15) is 5.75 Å². The van der Waals surface area contributed by atoms with E-state index in [0.29, 0.717) is 59.2 Å². The van der Waals surface area contributed by atoms with Crippen LogP contribution in [0.15, 0.2) is 83.9 Å².